The number of hydrogen-bond donors (Lipinski definition) is 2. The number of amides is 1. The predicted molar refractivity (Wildman–Crippen MR) is 99.6 cm³/mol. The number of aliphatic hydroxyl groups excluding tert-OH is 1. The Balaban J connectivity index is 2.14. The van der Waals surface area contributed by atoms with E-state index < -0.39 is 29.6 Å². The minimum Gasteiger partial charge on any atom is -0.503 e. The summed E-state index contributed by atoms with van der Waals surface area (Å²) in [5.41, 5.74) is 1.22. The molecule has 0 bridgehead atoms. The van der Waals surface area contributed by atoms with Crippen molar-refractivity contribution in [3.8, 4) is 0 Å². The van der Waals surface area contributed by atoms with Gasteiger partial charge >= 0.3 is 5.97 Å². The van der Waals surface area contributed by atoms with Gasteiger partial charge in [-0.05, 0) is 29.8 Å². The molecule has 138 valence electrons. The Morgan fingerprint density at radius 1 is 1.00 bits per heavy atom. The first-order valence-corrected chi connectivity index (χ1v) is 8.52. The van der Waals surface area contributed by atoms with Crippen LogP contribution in [0.3, 0.4) is 0 Å². The van der Waals surface area contributed by atoms with E-state index >= 15 is 0 Å². The van der Waals surface area contributed by atoms with Crippen molar-refractivity contribution < 1.29 is 24.6 Å². The summed E-state index contributed by atoms with van der Waals surface area (Å²) in [7, 11) is 0. The molecule has 1 aliphatic heterocycles. The van der Waals surface area contributed by atoms with E-state index in [2.05, 4.69) is 0 Å². The SMILES string of the molecule is CC(C)C(=O)C1=C(O)C(=O)N(c2ccc(C(=O)O)cc2)C1c1ccccc1. The number of ketones is 1. The maximum Gasteiger partial charge on any atom is 0.335 e. The second-order valence-electron chi connectivity index (χ2n) is 6.62. The molecule has 3 rings (SSSR count). The van der Waals surface area contributed by atoms with Gasteiger partial charge in [0.25, 0.3) is 5.91 Å². The second kappa shape index (κ2) is 7.07. The highest BCUT2D eigenvalue weighted by atomic mass is 16.4. The van der Waals surface area contributed by atoms with Crippen LogP contribution in [0.25, 0.3) is 0 Å². The summed E-state index contributed by atoms with van der Waals surface area (Å²) in [4.78, 5) is 37.9. The summed E-state index contributed by atoms with van der Waals surface area (Å²) in [5, 5.41) is 19.5. The van der Waals surface area contributed by atoms with Gasteiger partial charge in [0.05, 0.1) is 17.2 Å². The van der Waals surface area contributed by atoms with Crippen LogP contribution in [-0.4, -0.2) is 27.9 Å². The Morgan fingerprint density at radius 3 is 2.11 bits per heavy atom. The van der Waals surface area contributed by atoms with Gasteiger partial charge in [0.15, 0.2) is 11.5 Å². The third-order valence-corrected chi connectivity index (χ3v) is 4.51. The quantitative estimate of drug-likeness (QED) is 0.845. The lowest BCUT2D eigenvalue weighted by Gasteiger charge is -2.27. The van der Waals surface area contributed by atoms with Gasteiger partial charge in [-0.25, -0.2) is 4.79 Å². The van der Waals surface area contributed by atoms with Crippen LogP contribution in [-0.2, 0) is 9.59 Å². The van der Waals surface area contributed by atoms with Crippen molar-refractivity contribution in [1.82, 2.24) is 0 Å². The number of carboxylic acid groups (broad SMARTS) is 1. The fourth-order valence-corrected chi connectivity index (χ4v) is 3.15. The molecule has 0 spiro atoms. The third-order valence-electron chi connectivity index (χ3n) is 4.51. The van der Waals surface area contributed by atoms with Crippen LogP contribution in [0.15, 0.2) is 65.9 Å². The molecule has 27 heavy (non-hydrogen) atoms. The molecule has 0 fully saturated rings. The molecule has 1 amide bonds. The van der Waals surface area contributed by atoms with Crippen molar-refractivity contribution in [2.24, 2.45) is 5.92 Å². The number of rotatable bonds is 5. The molecule has 0 saturated heterocycles. The van der Waals surface area contributed by atoms with Gasteiger partial charge in [0.1, 0.15) is 0 Å². The molecular formula is C21H19NO5. The molecule has 1 aliphatic rings. The fourth-order valence-electron chi connectivity index (χ4n) is 3.15. The van der Waals surface area contributed by atoms with Gasteiger partial charge in [-0.15, -0.1) is 0 Å². The molecule has 6 heteroatoms. The molecule has 6 nitrogen and oxygen atoms in total. The first-order valence-electron chi connectivity index (χ1n) is 8.52. The van der Waals surface area contributed by atoms with Gasteiger partial charge in [0, 0.05) is 11.6 Å². The lowest BCUT2D eigenvalue weighted by atomic mass is 9.91. The van der Waals surface area contributed by atoms with Gasteiger partial charge < -0.3 is 10.2 Å². The Kier molecular flexibility index (Phi) is 4.81. The lowest BCUT2D eigenvalue weighted by Crippen LogP contribution is -2.31. The highest BCUT2D eigenvalue weighted by Crippen LogP contribution is 2.41. The topological polar surface area (TPSA) is 94.9 Å². The molecule has 2 aromatic carbocycles. The maximum atomic E-state index is 12.8. The van der Waals surface area contributed by atoms with E-state index in [1.807, 2.05) is 6.07 Å². The van der Waals surface area contributed by atoms with E-state index in [1.54, 1.807) is 38.1 Å². The van der Waals surface area contributed by atoms with Crippen LogP contribution < -0.4 is 4.90 Å². The van der Waals surface area contributed by atoms with Crippen LogP contribution in [0, 0.1) is 5.92 Å². The molecule has 0 aromatic heterocycles. The van der Waals surface area contributed by atoms with E-state index in [4.69, 9.17) is 5.11 Å². The average Bonchev–Trinajstić information content (AvgIpc) is 2.93. The Morgan fingerprint density at radius 2 is 1.59 bits per heavy atom. The van der Waals surface area contributed by atoms with Crippen LogP contribution in [0.4, 0.5) is 5.69 Å². The number of hydrogen-bond acceptors (Lipinski definition) is 4. The summed E-state index contributed by atoms with van der Waals surface area (Å²) < 4.78 is 0. The first-order chi connectivity index (χ1) is 12.8. The van der Waals surface area contributed by atoms with Gasteiger partial charge in [-0.3, -0.25) is 14.5 Å². The van der Waals surface area contributed by atoms with E-state index in [0.29, 0.717) is 11.3 Å². The highest BCUT2D eigenvalue weighted by Gasteiger charge is 2.44. The number of nitrogens with zero attached hydrogens (tertiary/aromatic N) is 1. The Bertz CT molecular complexity index is 929. The number of aromatic carboxylic acids is 1. The van der Waals surface area contributed by atoms with E-state index in [0.717, 1.165) is 0 Å². The molecule has 0 saturated carbocycles. The van der Waals surface area contributed by atoms with Crippen LogP contribution in [0.5, 0.6) is 0 Å². The number of carboxylic acids is 1. The van der Waals surface area contributed by atoms with E-state index in [9.17, 15) is 19.5 Å². The van der Waals surface area contributed by atoms with Gasteiger partial charge in [-0.2, -0.15) is 0 Å². The van der Waals surface area contributed by atoms with Crippen molar-refractivity contribution in [1.29, 1.82) is 0 Å². The Hall–Kier alpha value is -3.41. The summed E-state index contributed by atoms with van der Waals surface area (Å²) in [6.45, 7) is 3.42. The van der Waals surface area contributed by atoms with Crippen molar-refractivity contribution >= 4 is 23.3 Å². The number of Topliss-reactive ketones (excluding diaryl/α,β-unsaturated/α-hetero) is 1. The van der Waals surface area contributed by atoms with Crippen LogP contribution in [0.1, 0.15) is 35.8 Å². The number of carbonyl (C=O) groups is 3. The van der Waals surface area contributed by atoms with Crippen LogP contribution >= 0.6 is 0 Å². The summed E-state index contributed by atoms with van der Waals surface area (Å²) in [6, 6.07) is 13.9. The van der Waals surface area contributed by atoms with E-state index in [1.165, 1.54) is 29.2 Å². The van der Waals surface area contributed by atoms with Gasteiger partial charge in [-0.1, -0.05) is 44.2 Å². The normalized spacial score (nSPS) is 16.9. The maximum absolute atomic E-state index is 12.8. The zero-order chi connectivity index (χ0) is 19.7. The molecule has 1 heterocycles. The number of aliphatic hydroxyl groups is 1. The standard InChI is InChI=1S/C21H19NO5/c1-12(2)18(23)16-17(13-6-4-3-5-7-13)22(20(25)19(16)24)15-10-8-14(9-11-15)21(26)27/h3-12,17,24H,1-2H3,(H,26,27). The highest BCUT2D eigenvalue weighted by molar-refractivity contribution is 6.16. The molecule has 2 N–H and O–H groups in total. The number of anilines is 1. The van der Waals surface area contributed by atoms with Crippen molar-refractivity contribution in [3.05, 3.63) is 77.1 Å². The average molecular weight is 365 g/mol. The molecule has 1 atom stereocenters. The third kappa shape index (κ3) is 3.21. The Labute approximate surface area is 156 Å². The van der Waals surface area contributed by atoms with Crippen molar-refractivity contribution in [2.75, 3.05) is 4.90 Å². The first kappa shape index (κ1) is 18.4. The summed E-state index contributed by atoms with van der Waals surface area (Å²) in [5.74, 6) is -3.03. The molecular weight excluding hydrogens is 346 g/mol. The zero-order valence-corrected chi connectivity index (χ0v) is 14.9. The summed E-state index contributed by atoms with van der Waals surface area (Å²) in [6.07, 6.45) is 0. The minimum atomic E-state index is -1.08. The zero-order valence-electron chi connectivity index (χ0n) is 14.9. The van der Waals surface area contributed by atoms with Crippen molar-refractivity contribution in [3.63, 3.8) is 0 Å². The smallest absolute Gasteiger partial charge is 0.335 e. The predicted octanol–water partition coefficient (Wildman–Crippen LogP) is 3.51. The second-order valence-corrected chi connectivity index (χ2v) is 6.62. The van der Waals surface area contributed by atoms with Crippen molar-refractivity contribution in [2.45, 2.75) is 19.9 Å². The fraction of sp³-hybridized carbons (Fsp3) is 0.190. The van der Waals surface area contributed by atoms with E-state index in [-0.39, 0.29) is 16.9 Å². The largest absolute Gasteiger partial charge is 0.503 e. The molecule has 0 radical (unpaired) electrons. The number of carbonyl (C=O) groups excluding carboxylic acids is 2. The number of benzene rings is 2. The molecule has 2 aromatic rings. The molecule has 0 aliphatic carbocycles. The summed E-state index contributed by atoms with van der Waals surface area (Å²) >= 11 is 0. The minimum absolute atomic E-state index is 0.0588. The molecule has 1 unspecified atom stereocenters. The monoisotopic (exact) mass is 365 g/mol. The van der Waals surface area contributed by atoms with Crippen LogP contribution in [0.2, 0.25) is 0 Å². The van der Waals surface area contributed by atoms with Gasteiger partial charge in [0.2, 0.25) is 0 Å². The lowest BCUT2D eigenvalue weighted by molar-refractivity contribution is -0.119.